The van der Waals surface area contributed by atoms with Gasteiger partial charge in [0, 0.05) is 17.6 Å². The number of carbonyl (C=O) groups excluding carboxylic acids is 1. The molecule has 1 aromatic rings. The molecule has 7 heteroatoms. The van der Waals surface area contributed by atoms with E-state index in [1.165, 1.54) is 12.1 Å². The lowest BCUT2D eigenvalue weighted by molar-refractivity contribution is -0.117. The van der Waals surface area contributed by atoms with E-state index >= 15 is 0 Å². The van der Waals surface area contributed by atoms with Crippen molar-refractivity contribution in [2.24, 2.45) is 5.73 Å². The summed E-state index contributed by atoms with van der Waals surface area (Å²) in [7, 11) is 0. The third-order valence-electron chi connectivity index (χ3n) is 2.33. The maximum atomic E-state index is 11.7. The van der Waals surface area contributed by atoms with E-state index in [-0.39, 0.29) is 23.2 Å². The van der Waals surface area contributed by atoms with Crippen molar-refractivity contribution in [1.82, 2.24) is 0 Å². The highest BCUT2D eigenvalue weighted by atomic mass is 16.4. The quantitative estimate of drug-likeness (QED) is 0.640. The minimum absolute atomic E-state index is 0.0205. The number of nitrogens with two attached hydrogens (primary N) is 1. The molecule has 1 aromatic carbocycles. The van der Waals surface area contributed by atoms with Gasteiger partial charge in [-0.3, -0.25) is 4.79 Å². The number of hydrogen-bond acceptors (Lipinski definition) is 4. The van der Waals surface area contributed by atoms with Crippen molar-refractivity contribution in [2.75, 3.05) is 5.32 Å². The van der Waals surface area contributed by atoms with E-state index in [4.69, 9.17) is 15.9 Å². The fraction of sp³-hybridized carbons (Fsp3) is 0.308. The Hall–Kier alpha value is -2.41. The van der Waals surface area contributed by atoms with Gasteiger partial charge in [-0.2, -0.15) is 0 Å². The zero-order valence-corrected chi connectivity index (χ0v) is 11.1. The second-order valence-electron chi connectivity index (χ2n) is 5.12. The number of amides is 1. The van der Waals surface area contributed by atoms with Crippen LogP contribution in [0.2, 0.25) is 0 Å². The van der Waals surface area contributed by atoms with Crippen LogP contribution in [0.15, 0.2) is 18.2 Å². The van der Waals surface area contributed by atoms with Gasteiger partial charge in [-0.25, -0.2) is 9.59 Å². The molecule has 0 fully saturated rings. The van der Waals surface area contributed by atoms with Gasteiger partial charge in [0.05, 0.1) is 11.1 Å². The van der Waals surface area contributed by atoms with Crippen LogP contribution < -0.4 is 11.1 Å². The fourth-order valence-electron chi connectivity index (χ4n) is 1.57. The average Bonchev–Trinajstić information content (AvgIpc) is 2.25. The number of hydrogen-bond donors (Lipinski definition) is 4. The lowest BCUT2D eigenvalue weighted by Gasteiger charge is -2.17. The van der Waals surface area contributed by atoms with Crippen LogP contribution >= 0.6 is 0 Å². The number of benzene rings is 1. The Bertz CT molecular complexity index is 528. The predicted octanol–water partition coefficient (Wildman–Crippen LogP) is 1.15. The van der Waals surface area contributed by atoms with Crippen molar-refractivity contribution in [3.8, 4) is 0 Å². The molecule has 0 aliphatic heterocycles. The van der Waals surface area contributed by atoms with Crippen LogP contribution in [0.3, 0.4) is 0 Å². The molecule has 0 saturated heterocycles. The number of carbonyl (C=O) groups is 3. The van der Waals surface area contributed by atoms with Crippen LogP contribution in [0.25, 0.3) is 0 Å². The van der Waals surface area contributed by atoms with E-state index in [9.17, 15) is 14.4 Å². The smallest absolute Gasteiger partial charge is 0.335 e. The van der Waals surface area contributed by atoms with Gasteiger partial charge in [0.15, 0.2) is 0 Å². The predicted molar refractivity (Wildman–Crippen MR) is 71.9 cm³/mol. The molecule has 0 radical (unpaired) electrons. The Morgan fingerprint density at radius 2 is 1.55 bits per heavy atom. The average molecular weight is 280 g/mol. The monoisotopic (exact) mass is 280 g/mol. The summed E-state index contributed by atoms with van der Waals surface area (Å²) >= 11 is 0. The van der Waals surface area contributed by atoms with Gasteiger partial charge in [-0.15, -0.1) is 0 Å². The molecule has 20 heavy (non-hydrogen) atoms. The summed E-state index contributed by atoms with van der Waals surface area (Å²) in [6.45, 7) is 3.34. The van der Waals surface area contributed by atoms with Gasteiger partial charge >= 0.3 is 11.9 Å². The Morgan fingerprint density at radius 1 is 1.10 bits per heavy atom. The van der Waals surface area contributed by atoms with Crippen molar-refractivity contribution in [3.05, 3.63) is 29.3 Å². The summed E-state index contributed by atoms with van der Waals surface area (Å²) in [5, 5.41) is 20.3. The summed E-state index contributed by atoms with van der Waals surface area (Å²) in [6.07, 6.45) is 0.0205. The van der Waals surface area contributed by atoms with Crippen molar-refractivity contribution in [3.63, 3.8) is 0 Å². The molecule has 0 atom stereocenters. The molecule has 1 amide bonds. The van der Waals surface area contributed by atoms with Crippen molar-refractivity contribution < 1.29 is 24.6 Å². The maximum absolute atomic E-state index is 11.7. The van der Waals surface area contributed by atoms with Gasteiger partial charge < -0.3 is 21.3 Å². The van der Waals surface area contributed by atoms with Gasteiger partial charge in [0.1, 0.15) is 0 Å². The molecule has 0 heterocycles. The SMILES string of the molecule is CC(C)(N)CC(=O)Nc1cc(C(=O)O)cc(C(=O)O)c1. The summed E-state index contributed by atoms with van der Waals surface area (Å²) in [5.41, 5.74) is 4.66. The fourth-order valence-corrected chi connectivity index (χ4v) is 1.57. The Morgan fingerprint density at radius 3 is 1.90 bits per heavy atom. The topological polar surface area (TPSA) is 130 Å². The van der Waals surface area contributed by atoms with Crippen LogP contribution in [0.5, 0.6) is 0 Å². The van der Waals surface area contributed by atoms with Crippen LogP contribution in [0, 0.1) is 0 Å². The molecule has 0 aliphatic rings. The molecule has 0 saturated carbocycles. The second-order valence-corrected chi connectivity index (χ2v) is 5.12. The van der Waals surface area contributed by atoms with Crippen molar-refractivity contribution in [1.29, 1.82) is 0 Å². The van der Waals surface area contributed by atoms with E-state index in [0.717, 1.165) is 6.07 Å². The largest absolute Gasteiger partial charge is 0.478 e. The first-order valence-corrected chi connectivity index (χ1v) is 5.79. The molecule has 0 bridgehead atoms. The minimum atomic E-state index is -1.28. The number of nitrogens with one attached hydrogen (secondary N) is 1. The standard InChI is InChI=1S/C13H16N2O5/c1-13(2,14)6-10(16)15-9-4-7(11(17)18)3-8(5-9)12(19)20/h3-5H,6,14H2,1-2H3,(H,15,16)(H,17,18)(H,19,20). The first-order valence-electron chi connectivity index (χ1n) is 5.79. The van der Waals surface area contributed by atoms with E-state index in [1.54, 1.807) is 13.8 Å². The molecular formula is C13H16N2O5. The summed E-state index contributed by atoms with van der Waals surface area (Å²) < 4.78 is 0. The maximum Gasteiger partial charge on any atom is 0.335 e. The first kappa shape index (κ1) is 15.6. The Kier molecular flexibility index (Phi) is 4.46. The zero-order chi connectivity index (χ0) is 15.5. The summed E-state index contributed by atoms with van der Waals surface area (Å²) in [5.74, 6) is -2.97. The highest BCUT2D eigenvalue weighted by Crippen LogP contribution is 2.16. The normalized spacial score (nSPS) is 10.9. The molecule has 0 aromatic heterocycles. The van der Waals surface area contributed by atoms with Crippen LogP contribution in [0.1, 0.15) is 41.0 Å². The van der Waals surface area contributed by atoms with E-state index in [0.29, 0.717) is 0 Å². The van der Waals surface area contributed by atoms with Gasteiger partial charge in [-0.05, 0) is 32.0 Å². The van der Waals surface area contributed by atoms with Crippen molar-refractivity contribution in [2.45, 2.75) is 25.8 Å². The molecule has 5 N–H and O–H groups in total. The van der Waals surface area contributed by atoms with Crippen LogP contribution in [-0.4, -0.2) is 33.6 Å². The minimum Gasteiger partial charge on any atom is -0.478 e. The van der Waals surface area contributed by atoms with Crippen molar-refractivity contribution >= 4 is 23.5 Å². The molecule has 7 nitrogen and oxygen atoms in total. The summed E-state index contributed by atoms with van der Waals surface area (Å²) in [4.78, 5) is 33.5. The number of carboxylic acids is 2. The number of aromatic carboxylic acids is 2. The second kappa shape index (κ2) is 5.70. The third kappa shape index (κ3) is 4.69. The van der Waals surface area contributed by atoms with Crippen LogP contribution in [0.4, 0.5) is 5.69 Å². The molecule has 0 spiro atoms. The molecule has 108 valence electrons. The summed E-state index contributed by atoms with van der Waals surface area (Å²) in [6, 6.07) is 3.40. The zero-order valence-electron chi connectivity index (χ0n) is 11.1. The lowest BCUT2D eigenvalue weighted by atomic mass is 10.0. The van der Waals surface area contributed by atoms with E-state index < -0.39 is 23.4 Å². The number of anilines is 1. The Labute approximate surface area is 115 Å². The lowest BCUT2D eigenvalue weighted by Crippen LogP contribution is -2.36. The molecule has 0 unspecified atom stereocenters. The molecular weight excluding hydrogens is 264 g/mol. The van der Waals surface area contributed by atoms with Crippen LogP contribution in [-0.2, 0) is 4.79 Å². The van der Waals surface area contributed by atoms with Gasteiger partial charge in [0.2, 0.25) is 5.91 Å². The highest BCUT2D eigenvalue weighted by molar-refractivity contribution is 5.98. The Balaban J connectivity index is 3.03. The molecule has 0 aliphatic carbocycles. The van der Waals surface area contributed by atoms with E-state index in [2.05, 4.69) is 5.32 Å². The first-order chi connectivity index (χ1) is 9.08. The molecule has 1 rings (SSSR count). The van der Waals surface area contributed by atoms with Gasteiger partial charge in [-0.1, -0.05) is 0 Å². The number of rotatable bonds is 5. The van der Waals surface area contributed by atoms with Gasteiger partial charge in [0.25, 0.3) is 0 Å². The van der Waals surface area contributed by atoms with E-state index in [1.807, 2.05) is 0 Å². The highest BCUT2D eigenvalue weighted by Gasteiger charge is 2.18. The number of carboxylic acid groups (broad SMARTS) is 2. The third-order valence-corrected chi connectivity index (χ3v) is 2.33.